The van der Waals surface area contributed by atoms with E-state index in [4.69, 9.17) is 4.74 Å². The van der Waals surface area contributed by atoms with E-state index in [9.17, 15) is 19.8 Å². The van der Waals surface area contributed by atoms with Crippen molar-refractivity contribution in [3.05, 3.63) is 48.6 Å². The van der Waals surface area contributed by atoms with E-state index in [-0.39, 0.29) is 24.9 Å². The molecule has 0 aromatic carbocycles. The van der Waals surface area contributed by atoms with Crippen LogP contribution in [0.5, 0.6) is 0 Å². The molecule has 0 aromatic heterocycles. The zero-order valence-corrected chi connectivity index (χ0v) is 37.7. The second-order valence-corrected chi connectivity index (χ2v) is 16.6. The third-order valence-corrected chi connectivity index (χ3v) is 11.0. The Kier molecular flexibility index (Phi) is 43.2. The van der Waals surface area contributed by atoms with Gasteiger partial charge in [-0.25, -0.2) is 0 Å². The average molecular weight is 800 g/mol. The summed E-state index contributed by atoms with van der Waals surface area (Å²) in [6.45, 7) is 6.41. The molecule has 3 unspecified atom stereocenters. The van der Waals surface area contributed by atoms with E-state index in [1.165, 1.54) is 116 Å². The van der Waals surface area contributed by atoms with Crippen molar-refractivity contribution in [1.29, 1.82) is 0 Å². The van der Waals surface area contributed by atoms with E-state index in [0.29, 0.717) is 19.3 Å². The SMILES string of the molecule is CCCCC/C=C/C=C/C=C/C=C/CCCCCCCC(=O)OC(CCCCCCCCCCCCC)CC(=O)NC(CO)C(O)CCCCCCCCCCC. The predicted octanol–water partition coefficient (Wildman–Crippen LogP) is 14.3. The highest BCUT2D eigenvalue weighted by Gasteiger charge is 2.24. The van der Waals surface area contributed by atoms with Crippen molar-refractivity contribution in [2.75, 3.05) is 6.61 Å². The Hall–Kier alpha value is -2.18. The van der Waals surface area contributed by atoms with Crippen LogP contribution in [-0.4, -0.2) is 46.9 Å². The number of hydrogen-bond donors (Lipinski definition) is 3. The van der Waals surface area contributed by atoms with Crippen LogP contribution in [-0.2, 0) is 14.3 Å². The van der Waals surface area contributed by atoms with Crippen molar-refractivity contribution in [3.63, 3.8) is 0 Å². The second-order valence-electron chi connectivity index (χ2n) is 16.6. The molecular formula is C51H93NO5. The molecular weight excluding hydrogens is 707 g/mol. The fraction of sp³-hybridized carbons (Fsp3) is 0.804. The van der Waals surface area contributed by atoms with E-state index in [2.05, 4.69) is 74.7 Å². The number of amides is 1. The maximum Gasteiger partial charge on any atom is 0.306 e. The van der Waals surface area contributed by atoms with Gasteiger partial charge in [-0.15, -0.1) is 0 Å². The molecule has 6 heteroatoms. The van der Waals surface area contributed by atoms with Gasteiger partial charge in [-0.1, -0.05) is 223 Å². The zero-order valence-electron chi connectivity index (χ0n) is 37.7. The Morgan fingerprint density at radius 2 is 0.895 bits per heavy atom. The lowest BCUT2D eigenvalue weighted by atomic mass is 10.0. The molecule has 1 amide bonds. The minimum absolute atomic E-state index is 0.0694. The molecule has 332 valence electrons. The third-order valence-electron chi connectivity index (χ3n) is 11.0. The van der Waals surface area contributed by atoms with Gasteiger partial charge < -0.3 is 20.3 Å². The summed E-state index contributed by atoms with van der Waals surface area (Å²) in [6.07, 6.45) is 53.1. The number of carbonyl (C=O) groups is 2. The van der Waals surface area contributed by atoms with Crippen LogP contribution in [0.4, 0.5) is 0 Å². The summed E-state index contributed by atoms with van der Waals surface area (Å²) in [5, 5.41) is 23.6. The Morgan fingerprint density at radius 1 is 0.509 bits per heavy atom. The fourth-order valence-electron chi connectivity index (χ4n) is 7.27. The monoisotopic (exact) mass is 800 g/mol. The van der Waals surface area contributed by atoms with Crippen molar-refractivity contribution in [2.45, 2.75) is 257 Å². The second kappa shape index (κ2) is 44.9. The molecule has 0 bridgehead atoms. The van der Waals surface area contributed by atoms with Gasteiger partial charge in [0.25, 0.3) is 0 Å². The highest BCUT2D eigenvalue weighted by molar-refractivity contribution is 5.77. The average Bonchev–Trinajstić information content (AvgIpc) is 3.20. The van der Waals surface area contributed by atoms with E-state index >= 15 is 0 Å². The molecule has 0 aliphatic heterocycles. The van der Waals surface area contributed by atoms with Crippen LogP contribution in [0.2, 0.25) is 0 Å². The molecule has 0 saturated heterocycles. The summed E-state index contributed by atoms with van der Waals surface area (Å²) in [5.74, 6) is -0.497. The normalized spacial score (nSPS) is 13.7. The Bertz CT molecular complexity index is 988. The van der Waals surface area contributed by atoms with Gasteiger partial charge in [0, 0.05) is 6.42 Å². The molecule has 6 nitrogen and oxygen atoms in total. The summed E-state index contributed by atoms with van der Waals surface area (Å²) >= 11 is 0. The molecule has 0 aliphatic carbocycles. The minimum atomic E-state index is -0.788. The largest absolute Gasteiger partial charge is 0.462 e. The van der Waals surface area contributed by atoms with Gasteiger partial charge in [0.15, 0.2) is 0 Å². The Labute approximate surface area is 353 Å². The molecule has 0 fully saturated rings. The van der Waals surface area contributed by atoms with Crippen LogP contribution in [0.3, 0.4) is 0 Å². The van der Waals surface area contributed by atoms with Crippen molar-refractivity contribution < 1.29 is 24.5 Å². The molecule has 57 heavy (non-hydrogen) atoms. The minimum Gasteiger partial charge on any atom is -0.462 e. The topological polar surface area (TPSA) is 95.9 Å². The van der Waals surface area contributed by atoms with Gasteiger partial charge in [-0.3, -0.25) is 9.59 Å². The van der Waals surface area contributed by atoms with Gasteiger partial charge in [0.1, 0.15) is 6.10 Å². The number of unbranched alkanes of at least 4 members (excludes halogenated alkanes) is 26. The lowest BCUT2D eigenvalue weighted by Crippen LogP contribution is -2.46. The maximum atomic E-state index is 13.1. The number of ether oxygens (including phenoxy) is 1. The molecule has 0 rings (SSSR count). The van der Waals surface area contributed by atoms with Crippen molar-refractivity contribution in [2.24, 2.45) is 0 Å². The standard InChI is InChI=1S/C51H93NO5/c1-4-7-10-13-16-19-21-22-23-24-25-26-27-29-32-35-38-41-44-51(56)57-47(42-39-36-33-31-28-20-17-14-11-8-5-2)45-50(55)52-48(46-53)49(54)43-40-37-34-30-18-15-12-9-6-3/h16,19,21-26,47-49,53-54H,4-15,17-18,20,27-46H2,1-3H3,(H,52,55)/b19-16+,22-21+,24-23+,26-25+. The van der Waals surface area contributed by atoms with E-state index in [0.717, 1.165) is 77.0 Å². The summed E-state index contributed by atoms with van der Waals surface area (Å²) in [6, 6.07) is -0.702. The number of nitrogens with one attached hydrogen (secondary N) is 1. The van der Waals surface area contributed by atoms with Gasteiger partial charge in [-0.05, 0) is 51.4 Å². The molecule has 0 radical (unpaired) electrons. The van der Waals surface area contributed by atoms with Crippen molar-refractivity contribution >= 4 is 11.9 Å². The van der Waals surface area contributed by atoms with Crippen LogP contribution in [0.25, 0.3) is 0 Å². The number of allylic oxidation sites excluding steroid dienone is 8. The molecule has 0 aliphatic rings. The van der Waals surface area contributed by atoms with E-state index in [1.54, 1.807) is 0 Å². The number of rotatable bonds is 43. The Morgan fingerprint density at radius 3 is 1.39 bits per heavy atom. The summed E-state index contributed by atoms with van der Waals surface area (Å²) in [4.78, 5) is 26.0. The van der Waals surface area contributed by atoms with E-state index < -0.39 is 18.2 Å². The highest BCUT2D eigenvalue weighted by atomic mass is 16.5. The van der Waals surface area contributed by atoms with Crippen molar-refractivity contribution in [1.82, 2.24) is 5.32 Å². The van der Waals surface area contributed by atoms with Crippen LogP contribution in [0, 0.1) is 0 Å². The molecule has 0 spiro atoms. The molecule has 0 aromatic rings. The van der Waals surface area contributed by atoms with Crippen LogP contribution in [0.15, 0.2) is 48.6 Å². The molecule has 3 atom stereocenters. The fourth-order valence-corrected chi connectivity index (χ4v) is 7.27. The van der Waals surface area contributed by atoms with Gasteiger partial charge in [0.2, 0.25) is 5.91 Å². The number of aliphatic hydroxyl groups is 2. The zero-order chi connectivity index (χ0) is 41.7. The Balaban J connectivity index is 4.58. The van der Waals surface area contributed by atoms with Crippen LogP contribution >= 0.6 is 0 Å². The number of hydrogen-bond acceptors (Lipinski definition) is 5. The quantitative estimate of drug-likeness (QED) is 0.0324. The number of carbonyl (C=O) groups excluding carboxylic acids is 2. The molecule has 0 saturated carbocycles. The summed E-state index contributed by atoms with van der Waals surface area (Å²) < 4.78 is 5.91. The maximum absolute atomic E-state index is 13.1. The first-order valence-electron chi connectivity index (χ1n) is 24.4. The van der Waals surface area contributed by atoms with Gasteiger partial charge in [0.05, 0.1) is 25.2 Å². The molecule has 3 N–H and O–H groups in total. The first kappa shape index (κ1) is 54.8. The van der Waals surface area contributed by atoms with Gasteiger partial charge in [-0.2, -0.15) is 0 Å². The lowest BCUT2D eigenvalue weighted by molar-refractivity contribution is -0.151. The smallest absolute Gasteiger partial charge is 0.306 e. The van der Waals surface area contributed by atoms with Crippen LogP contribution < -0.4 is 5.32 Å². The summed E-state index contributed by atoms with van der Waals surface area (Å²) in [7, 11) is 0. The van der Waals surface area contributed by atoms with E-state index in [1.807, 2.05) is 0 Å². The number of aliphatic hydroxyl groups excluding tert-OH is 2. The van der Waals surface area contributed by atoms with Crippen LogP contribution in [0.1, 0.15) is 239 Å². The highest BCUT2D eigenvalue weighted by Crippen LogP contribution is 2.18. The first-order valence-corrected chi connectivity index (χ1v) is 24.4. The predicted molar refractivity (Wildman–Crippen MR) is 245 cm³/mol. The van der Waals surface area contributed by atoms with Crippen molar-refractivity contribution in [3.8, 4) is 0 Å². The number of esters is 1. The molecule has 0 heterocycles. The summed E-state index contributed by atoms with van der Waals surface area (Å²) in [5.41, 5.74) is 0. The third kappa shape index (κ3) is 40.4. The van der Waals surface area contributed by atoms with Gasteiger partial charge >= 0.3 is 5.97 Å². The first-order chi connectivity index (χ1) is 28.0. The lowest BCUT2D eigenvalue weighted by Gasteiger charge is -2.24.